The Hall–Kier alpha value is -2.79. The molecular formula is C36H41BrN2O4SSi. The van der Waals surface area contributed by atoms with Gasteiger partial charge in [0.25, 0.3) is 8.32 Å². The van der Waals surface area contributed by atoms with Gasteiger partial charge in [-0.1, -0.05) is 109 Å². The van der Waals surface area contributed by atoms with Crippen LogP contribution >= 0.6 is 15.9 Å². The lowest BCUT2D eigenvalue weighted by atomic mass is 9.96. The average Bonchev–Trinajstić information content (AvgIpc) is 3.36. The summed E-state index contributed by atoms with van der Waals surface area (Å²) in [6.45, 7) is 13.5. The SMILES string of the molecule is CC(C)(C)[S+]([O-])N1Cc2cc(C(=O)O)nc(-c3cccc(Br)c3)c2[C@H]1CCO[Si](c1ccccc1)(c1ccccc1)C(C)(C)C. The quantitative estimate of drug-likeness (QED) is 0.144. The summed E-state index contributed by atoms with van der Waals surface area (Å²) in [5, 5.41) is 12.2. The third kappa shape index (κ3) is 6.70. The van der Waals surface area contributed by atoms with E-state index in [2.05, 4.69) is 90.2 Å². The van der Waals surface area contributed by atoms with Crippen molar-refractivity contribution in [2.75, 3.05) is 6.61 Å². The monoisotopic (exact) mass is 704 g/mol. The van der Waals surface area contributed by atoms with E-state index in [9.17, 15) is 14.5 Å². The van der Waals surface area contributed by atoms with E-state index in [1.54, 1.807) is 6.07 Å². The summed E-state index contributed by atoms with van der Waals surface area (Å²) in [4.78, 5) is 16.9. The summed E-state index contributed by atoms with van der Waals surface area (Å²) < 4.78 is 23.7. The Morgan fingerprint density at radius 2 is 1.58 bits per heavy atom. The van der Waals surface area contributed by atoms with E-state index in [0.29, 0.717) is 25.3 Å². The molecule has 9 heteroatoms. The van der Waals surface area contributed by atoms with Crippen molar-refractivity contribution in [3.63, 3.8) is 0 Å². The zero-order valence-electron chi connectivity index (χ0n) is 26.7. The Balaban J connectivity index is 1.62. The van der Waals surface area contributed by atoms with Gasteiger partial charge in [-0.2, -0.15) is 0 Å². The van der Waals surface area contributed by atoms with Crippen LogP contribution in [0.2, 0.25) is 5.04 Å². The molecule has 45 heavy (non-hydrogen) atoms. The second-order valence-electron chi connectivity index (χ2n) is 13.5. The third-order valence-electron chi connectivity index (χ3n) is 8.33. The van der Waals surface area contributed by atoms with Crippen molar-refractivity contribution in [1.82, 2.24) is 9.29 Å². The average molecular weight is 706 g/mol. The van der Waals surface area contributed by atoms with Crippen molar-refractivity contribution in [1.29, 1.82) is 0 Å². The number of hydrogen-bond acceptors (Lipinski definition) is 5. The Bertz CT molecular complexity index is 1620. The Morgan fingerprint density at radius 3 is 2.09 bits per heavy atom. The number of fused-ring (bicyclic) bond motifs is 1. The number of aromatic carboxylic acids is 1. The van der Waals surface area contributed by atoms with Crippen molar-refractivity contribution in [2.45, 2.75) is 70.3 Å². The summed E-state index contributed by atoms with van der Waals surface area (Å²) in [5.41, 5.74) is 3.15. The van der Waals surface area contributed by atoms with Crippen molar-refractivity contribution in [3.8, 4) is 11.3 Å². The molecule has 6 nitrogen and oxygen atoms in total. The molecule has 0 saturated carbocycles. The molecule has 1 aromatic heterocycles. The lowest BCUT2D eigenvalue weighted by Crippen LogP contribution is -2.66. The number of carbonyl (C=O) groups is 1. The molecule has 0 amide bonds. The fraction of sp³-hybridized carbons (Fsp3) is 0.333. The molecule has 5 rings (SSSR count). The third-order valence-corrected chi connectivity index (χ3v) is 15.7. The molecule has 1 aliphatic rings. The van der Waals surface area contributed by atoms with Gasteiger partial charge in [-0.15, -0.1) is 4.31 Å². The van der Waals surface area contributed by atoms with Crippen LogP contribution < -0.4 is 10.4 Å². The number of carboxylic acid groups (broad SMARTS) is 1. The number of carboxylic acids is 1. The van der Waals surface area contributed by atoms with Gasteiger partial charge in [-0.25, -0.2) is 9.78 Å². The second-order valence-corrected chi connectivity index (χ2v) is 20.9. The molecule has 236 valence electrons. The predicted octanol–water partition coefficient (Wildman–Crippen LogP) is 7.49. The summed E-state index contributed by atoms with van der Waals surface area (Å²) in [7, 11) is -2.80. The molecule has 1 unspecified atom stereocenters. The van der Waals surface area contributed by atoms with Crippen LogP contribution in [0.3, 0.4) is 0 Å². The molecule has 4 aromatic rings. The highest BCUT2D eigenvalue weighted by atomic mass is 79.9. The number of halogens is 1. The lowest BCUT2D eigenvalue weighted by molar-refractivity contribution is 0.0690. The Labute approximate surface area is 279 Å². The van der Waals surface area contributed by atoms with Crippen molar-refractivity contribution >= 4 is 52.0 Å². The number of aromatic nitrogens is 1. The van der Waals surface area contributed by atoms with Crippen LogP contribution in [-0.4, -0.2) is 44.6 Å². The first kappa shape index (κ1) is 33.6. The second kappa shape index (κ2) is 13.1. The summed E-state index contributed by atoms with van der Waals surface area (Å²) >= 11 is 2.21. The number of pyridine rings is 1. The molecular weight excluding hydrogens is 664 g/mol. The van der Waals surface area contributed by atoms with E-state index >= 15 is 0 Å². The minimum Gasteiger partial charge on any atom is -0.597 e. The van der Waals surface area contributed by atoms with E-state index in [1.807, 2.05) is 61.5 Å². The highest BCUT2D eigenvalue weighted by molar-refractivity contribution is 9.10. The van der Waals surface area contributed by atoms with Gasteiger partial charge in [0.15, 0.2) is 0 Å². The van der Waals surface area contributed by atoms with E-state index < -0.39 is 30.4 Å². The van der Waals surface area contributed by atoms with Crippen molar-refractivity contribution in [2.24, 2.45) is 0 Å². The van der Waals surface area contributed by atoms with Gasteiger partial charge < -0.3 is 14.1 Å². The van der Waals surface area contributed by atoms with E-state index in [0.717, 1.165) is 21.2 Å². The molecule has 3 aromatic carbocycles. The van der Waals surface area contributed by atoms with Crippen LogP contribution in [0.1, 0.15) is 75.6 Å². The van der Waals surface area contributed by atoms with Gasteiger partial charge in [0.1, 0.15) is 10.4 Å². The van der Waals surface area contributed by atoms with E-state index in [-0.39, 0.29) is 16.8 Å². The first-order chi connectivity index (χ1) is 21.2. The van der Waals surface area contributed by atoms with Gasteiger partial charge in [0, 0.05) is 33.6 Å². The minimum atomic E-state index is -2.80. The highest BCUT2D eigenvalue weighted by Gasteiger charge is 2.51. The summed E-state index contributed by atoms with van der Waals surface area (Å²) in [5.74, 6) is -1.09. The predicted molar refractivity (Wildman–Crippen MR) is 189 cm³/mol. The molecule has 0 fully saturated rings. The molecule has 1 aliphatic heterocycles. The zero-order chi connectivity index (χ0) is 32.6. The van der Waals surface area contributed by atoms with Crippen LogP contribution in [0.4, 0.5) is 0 Å². The lowest BCUT2D eigenvalue weighted by Gasteiger charge is -2.43. The molecule has 0 aliphatic carbocycles. The standard InChI is InChI=1S/C36H41BrN2O4SSi/c1-35(2,3)44(42)39-24-26-23-30(34(40)41)38-33(25-14-13-15-27(37)22-25)32(26)31(39)20-21-43-45(36(4,5)6,28-16-9-7-10-17-28)29-18-11-8-12-19-29/h7-19,22-23,31H,20-21,24H2,1-6H3,(H,40,41)/t31-,44?/m1/s1. The van der Waals surface area contributed by atoms with Gasteiger partial charge in [0.2, 0.25) is 0 Å². The van der Waals surface area contributed by atoms with Crippen LogP contribution in [0.5, 0.6) is 0 Å². The number of benzene rings is 3. The smallest absolute Gasteiger partial charge is 0.354 e. The number of nitrogens with zero attached hydrogens (tertiary/aromatic N) is 2. The molecule has 2 atom stereocenters. The summed E-state index contributed by atoms with van der Waals surface area (Å²) in [6.07, 6.45) is 0.564. The fourth-order valence-electron chi connectivity index (χ4n) is 6.40. The molecule has 0 bridgehead atoms. The van der Waals surface area contributed by atoms with Crippen LogP contribution in [0.25, 0.3) is 11.3 Å². The topological polar surface area (TPSA) is 85.7 Å². The van der Waals surface area contributed by atoms with Crippen molar-refractivity contribution < 1.29 is 18.9 Å². The molecule has 1 N–H and O–H groups in total. The van der Waals surface area contributed by atoms with Crippen molar-refractivity contribution in [3.05, 3.63) is 112 Å². The first-order valence-corrected chi connectivity index (χ1v) is 19.0. The van der Waals surface area contributed by atoms with Crippen LogP contribution in [0, 0.1) is 0 Å². The normalized spacial score (nSPS) is 16.4. The van der Waals surface area contributed by atoms with Gasteiger partial charge >= 0.3 is 5.97 Å². The summed E-state index contributed by atoms with van der Waals surface area (Å²) in [6, 6.07) is 30.2. The maximum atomic E-state index is 14.1. The fourth-order valence-corrected chi connectivity index (χ4v) is 12.8. The van der Waals surface area contributed by atoms with E-state index in [1.165, 1.54) is 10.4 Å². The van der Waals surface area contributed by atoms with Gasteiger partial charge in [-0.05, 0) is 66.4 Å². The zero-order valence-corrected chi connectivity index (χ0v) is 30.1. The maximum Gasteiger partial charge on any atom is 0.354 e. The Kier molecular flexibility index (Phi) is 9.80. The van der Waals surface area contributed by atoms with Gasteiger partial charge in [0.05, 0.1) is 18.3 Å². The van der Waals surface area contributed by atoms with E-state index in [4.69, 9.17) is 4.43 Å². The van der Waals surface area contributed by atoms with Crippen LogP contribution in [0.15, 0.2) is 95.5 Å². The molecule has 2 heterocycles. The van der Waals surface area contributed by atoms with Gasteiger partial charge in [-0.3, -0.25) is 0 Å². The maximum absolute atomic E-state index is 14.1. The molecule has 0 saturated heterocycles. The number of hydrogen-bond donors (Lipinski definition) is 1. The first-order valence-electron chi connectivity index (χ1n) is 15.2. The largest absolute Gasteiger partial charge is 0.597 e. The Morgan fingerprint density at radius 1 is 0.978 bits per heavy atom. The van der Waals surface area contributed by atoms with Crippen LogP contribution in [-0.2, 0) is 22.3 Å². The minimum absolute atomic E-state index is 0.0190. The molecule has 0 radical (unpaired) electrons. The number of rotatable bonds is 9. The highest BCUT2D eigenvalue weighted by Crippen LogP contribution is 2.46. The molecule has 0 spiro atoms.